The molecule has 0 radical (unpaired) electrons. The lowest BCUT2D eigenvalue weighted by Gasteiger charge is -2.14. The van der Waals surface area contributed by atoms with E-state index in [2.05, 4.69) is 0 Å². The predicted molar refractivity (Wildman–Crippen MR) is 89.6 cm³/mol. The van der Waals surface area contributed by atoms with Crippen LogP contribution in [0.3, 0.4) is 0 Å². The van der Waals surface area contributed by atoms with Crippen LogP contribution in [0.5, 0.6) is 0 Å². The van der Waals surface area contributed by atoms with Gasteiger partial charge in [0.05, 0.1) is 25.1 Å². The van der Waals surface area contributed by atoms with Crippen molar-refractivity contribution in [1.82, 2.24) is 0 Å². The van der Waals surface area contributed by atoms with E-state index in [0.29, 0.717) is 3.57 Å². The van der Waals surface area contributed by atoms with Crippen LogP contribution in [-0.2, 0) is 0 Å². The zero-order valence-electron chi connectivity index (χ0n) is 8.88. The van der Waals surface area contributed by atoms with Crippen LogP contribution in [0.1, 0.15) is 0 Å². The second-order valence-electron chi connectivity index (χ2n) is 3.54. The molecule has 0 fully saturated rings. The lowest BCUT2D eigenvalue weighted by atomic mass is 10.0. The molecule has 100 valence electrons. The summed E-state index contributed by atoms with van der Waals surface area (Å²) in [6, 6.07) is 4.62. The van der Waals surface area contributed by atoms with E-state index >= 15 is 0 Å². The Kier molecular flexibility index (Phi) is 5.13. The van der Waals surface area contributed by atoms with E-state index in [-0.39, 0.29) is 36.2 Å². The van der Waals surface area contributed by atoms with Crippen molar-refractivity contribution in [3.8, 4) is 11.1 Å². The Balaban J connectivity index is 2.92. The standard InChI is InChI=1S/C12H3Cl5FI/c13-8-7(6-4(18)2-1-3-5(6)19)9(14)11(16)12(17)10(8)15/h1-3H. The maximum atomic E-state index is 14.0. The first-order chi connectivity index (χ1) is 8.86. The lowest BCUT2D eigenvalue weighted by Crippen LogP contribution is -1.93. The Bertz CT molecular complexity index is 622. The highest BCUT2D eigenvalue weighted by Gasteiger charge is 2.23. The fourth-order valence-corrected chi connectivity index (χ4v) is 3.62. The minimum atomic E-state index is -0.467. The first kappa shape index (κ1) is 15.9. The number of halogens is 7. The van der Waals surface area contributed by atoms with Crippen LogP contribution in [0, 0.1) is 9.39 Å². The topological polar surface area (TPSA) is 0 Å². The molecular weight excluding hydrogens is 467 g/mol. The minimum absolute atomic E-state index is 0.0480. The van der Waals surface area contributed by atoms with Crippen molar-refractivity contribution < 1.29 is 4.39 Å². The Labute approximate surface area is 147 Å². The summed E-state index contributed by atoms with van der Waals surface area (Å²) in [6.45, 7) is 0. The van der Waals surface area contributed by atoms with Crippen molar-refractivity contribution in [1.29, 1.82) is 0 Å². The Morgan fingerprint density at radius 3 is 1.68 bits per heavy atom. The molecule has 0 unspecified atom stereocenters. The molecule has 0 N–H and O–H groups in total. The van der Waals surface area contributed by atoms with Crippen LogP contribution in [0.4, 0.5) is 4.39 Å². The molecule has 19 heavy (non-hydrogen) atoms. The van der Waals surface area contributed by atoms with E-state index < -0.39 is 5.82 Å². The van der Waals surface area contributed by atoms with Crippen molar-refractivity contribution in [3.63, 3.8) is 0 Å². The molecule has 0 nitrogen and oxygen atoms in total. The van der Waals surface area contributed by atoms with E-state index in [9.17, 15) is 4.39 Å². The molecule has 0 atom stereocenters. The highest BCUT2D eigenvalue weighted by atomic mass is 127. The fraction of sp³-hybridized carbons (Fsp3) is 0. The first-order valence-corrected chi connectivity index (χ1v) is 7.79. The molecular formula is C12H3Cl5FI. The third kappa shape index (κ3) is 2.81. The minimum Gasteiger partial charge on any atom is -0.206 e. The van der Waals surface area contributed by atoms with Gasteiger partial charge in [0, 0.05) is 14.7 Å². The molecule has 0 aromatic heterocycles. The summed E-state index contributed by atoms with van der Waals surface area (Å²) in [5, 5.41) is 0.292. The molecule has 0 heterocycles. The van der Waals surface area contributed by atoms with Gasteiger partial charge in [0.15, 0.2) is 0 Å². The van der Waals surface area contributed by atoms with E-state index in [1.807, 2.05) is 22.6 Å². The Hall–Kier alpha value is 0.550. The van der Waals surface area contributed by atoms with Crippen molar-refractivity contribution in [2.24, 2.45) is 0 Å². The van der Waals surface area contributed by atoms with Crippen LogP contribution in [-0.4, -0.2) is 0 Å². The first-order valence-electron chi connectivity index (χ1n) is 4.82. The zero-order chi connectivity index (χ0) is 14.3. The lowest BCUT2D eigenvalue weighted by molar-refractivity contribution is 0.630. The van der Waals surface area contributed by atoms with Crippen molar-refractivity contribution in [2.75, 3.05) is 0 Å². The van der Waals surface area contributed by atoms with Gasteiger partial charge in [-0.1, -0.05) is 64.1 Å². The summed E-state index contributed by atoms with van der Waals surface area (Å²) < 4.78 is 14.7. The van der Waals surface area contributed by atoms with Gasteiger partial charge in [0.2, 0.25) is 0 Å². The maximum absolute atomic E-state index is 14.0. The quantitative estimate of drug-likeness (QED) is 0.232. The van der Waals surface area contributed by atoms with Gasteiger partial charge in [-0.05, 0) is 34.7 Å². The molecule has 0 aliphatic rings. The third-order valence-electron chi connectivity index (χ3n) is 2.42. The summed E-state index contributed by atoms with van der Waals surface area (Å²) in [5.41, 5.74) is 0.490. The molecule has 2 aromatic rings. The van der Waals surface area contributed by atoms with Crippen LogP contribution in [0.25, 0.3) is 11.1 Å². The van der Waals surface area contributed by atoms with Gasteiger partial charge >= 0.3 is 0 Å². The smallest absolute Gasteiger partial charge is 0.132 e. The average Bonchev–Trinajstić information content (AvgIpc) is 2.37. The average molecular weight is 470 g/mol. The molecule has 0 aliphatic carbocycles. The van der Waals surface area contributed by atoms with Crippen molar-refractivity contribution in [2.45, 2.75) is 0 Å². The van der Waals surface area contributed by atoms with E-state index in [0.717, 1.165) is 0 Å². The number of rotatable bonds is 1. The van der Waals surface area contributed by atoms with Crippen LogP contribution >= 0.6 is 80.6 Å². The second kappa shape index (κ2) is 6.12. The summed E-state index contributed by atoms with van der Waals surface area (Å²) in [6.07, 6.45) is 0. The van der Waals surface area contributed by atoms with E-state index in [1.165, 1.54) is 6.07 Å². The molecule has 7 heteroatoms. The third-order valence-corrected chi connectivity index (χ3v) is 5.60. The molecule has 2 rings (SSSR count). The van der Waals surface area contributed by atoms with Gasteiger partial charge in [0.25, 0.3) is 0 Å². The van der Waals surface area contributed by atoms with Crippen molar-refractivity contribution >= 4 is 80.6 Å². The number of hydrogen-bond donors (Lipinski definition) is 0. The van der Waals surface area contributed by atoms with Gasteiger partial charge in [-0.15, -0.1) is 0 Å². The number of hydrogen-bond acceptors (Lipinski definition) is 0. The van der Waals surface area contributed by atoms with Gasteiger partial charge in [-0.25, -0.2) is 4.39 Å². The largest absolute Gasteiger partial charge is 0.206 e. The maximum Gasteiger partial charge on any atom is 0.132 e. The molecule has 0 amide bonds. The van der Waals surface area contributed by atoms with E-state index in [1.54, 1.807) is 12.1 Å². The van der Waals surface area contributed by atoms with E-state index in [4.69, 9.17) is 58.0 Å². The monoisotopic (exact) mass is 468 g/mol. The number of benzene rings is 2. The van der Waals surface area contributed by atoms with Gasteiger partial charge in [-0.2, -0.15) is 0 Å². The SMILES string of the molecule is Fc1cccc(I)c1-c1c(Cl)c(Cl)c(Cl)c(Cl)c1Cl. The normalized spacial score (nSPS) is 10.9. The summed E-state index contributed by atoms with van der Waals surface area (Å²) in [5.74, 6) is -0.467. The second-order valence-corrected chi connectivity index (χ2v) is 6.59. The molecule has 0 bridgehead atoms. The Morgan fingerprint density at radius 2 is 1.21 bits per heavy atom. The highest BCUT2D eigenvalue weighted by Crippen LogP contribution is 2.49. The van der Waals surface area contributed by atoms with Gasteiger partial charge in [0.1, 0.15) is 5.82 Å². The van der Waals surface area contributed by atoms with Gasteiger partial charge in [-0.3, -0.25) is 0 Å². The van der Waals surface area contributed by atoms with Crippen LogP contribution in [0.15, 0.2) is 18.2 Å². The van der Waals surface area contributed by atoms with Crippen molar-refractivity contribution in [3.05, 3.63) is 52.7 Å². The summed E-state index contributed by atoms with van der Waals surface area (Å²) in [4.78, 5) is 0. The van der Waals surface area contributed by atoms with Crippen LogP contribution < -0.4 is 0 Å². The summed E-state index contributed by atoms with van der Waals surface area (Å²) in [7, 11) is 0. The van der Waals surface area contributed by atoms with Gasteiger partial charge < -0.3 is 0 Å². The van der Waals surface area contributed by atoms with Crippen LogP contribution in [0.2, 0.25) is 25.1 Å². The predicted octanol–water partition coefficient (Wildman–Crippen LogP) is 7.36. The molecule has 0 saturated carbocycles. The molecule has 0 spiro atoms. The molecule has 2 aromatic carbocycles. The Morgan fingerprint density at radius 1 is 0.737 bits per heavy atom. The zero-order valence-corrected chi connectivity index (χ0v) is 14.8. The fourth-order valence-electron chi connectivity index (χ4n) is 1.56. The summed E-state index contributed by atoms with van der Waals surface area (Å²) >= 11 is 32.1. The molecule has 0 saturated heterocycles. The highest BCUT2D eigenvalue weighted by molar-refractivity contribution is 14.1. The molecule has 0 aliphatic heterocycles.